The Bertz CT molecular complexity index is 716. The van der Waals surface area contributed by atoms with Crippen molar-refractivity contribution in [1.82, 2.24) is 9.97 Å². The average Bonchev–Trinajstić information content (AvgIpc) is 3.00. The van der Waals surface area contributed by atoms with Crippen LogP contribution in [0, 0.1) is 0 Å². The van der Waals surface area contributed by atoms with Crippen molar-refractivity contribution in [3.8, 4) is 0 Å². The van der Waals surface area contributed by atoms with E-state index in [0.717, 1.165) is 27.4 Å². The van der Waals surface area contributed by atoms with Crippen LogP contribution in [0.2, 0.25) is 5.02 Å². The van der Waals surface area contributed by atoms with Gasteiger partial charge in [0.05, 0.1) is 18.2 Å². The van der Waals surface area contributed by atoms with Gasteiger partial charge in [0.25, 0.3) is 0 Å². The highest BCUT2D eigenvalue weighted by Gasteiger charge is 2.07. The lowest BCUT2D eigenvalue weighted by molar-refractivity contribution is 1.30. The second-order valence-electron chi connectivity index (χ2n) is 4.44. The molecule has 1 N–H and O–H groups in total. The van der Waals surface area contributed by atoms with Crippen molar-refractivity contribution in [2.24, 2.45) is 0 Å². The number of benzene rings is 2. The van der Waals surface area contributed by atoms with Crippen LogP contribution in [0.3, 0.4) is 0 Å². The summed E-state index contributed by atoms with van der Waals surface area (Å²) < 4.78 is 0. The van der Waals surface area contributed by atoms with Crippen LogP contribution in [0.1, 0.15) is 16.8 Å². The largest absolute Gasteiger partial charge is 0.345 e. The van der Waals surface area contributed by atoms with Gasteiger partial charge in [-0.2, -0.15) is 0 Å². The van der Waals surface area contributed by atoms with Crippen LogP contribution in [-0.4, -0.2) is 9.97 Å². The van der Waals surface area contributed by atoms with E-state index in [1.807, 2.05) is 48.7 Å². The number of aromatic amines is 1. The summed E-state index contributed by atoms with van der Waals surface area (Å²) in [5, 5.41) is 0.723. The first kappa shape index (κ1) is 12.7. The Morgan fingerprint density at radius 2 is 1.90 bits per heavy atom. The van der Waals surface area contributed by atoms with E-state index in [1.54, 1.807) is 6.33 Å². The van der Waals surface area contributed by atoms with Crippen LogP contribution in [0.4, 0.5) is 0 Å². The van der Waals surface area contributed by atoms with Crippen LogP contribution in [0.15, 0.2) is 67.1 Å². The van der Waals surface area contributed by atoms with E-state index in [1.165, 1.54) is 0 Å². The minimum Gasteiger partial charge on any atom is -0.345 e. The second kappa shape index (κ2) is 5.76. The molecule has 1 heterocycles. The van der Waals surface area contributed by atoms with Gasteiger partial charge in [-0.3, -0.25) is 0 Å². The van der Waals surface area contributed by atoms with Crippen LogP contribution in [0.25, 0.3) is 11.6 Å². The smallest absolute Gasteiger partial charge is 0.0924 e. The summed E-state index contributed by atoms with van der Waals surface area (Å²) in [5.41, 5.74) is 4.23. The summed E-state index contributed by atoms with van der Waals surface area (Å²) >= 11 is 6.10. The predicted molar refractivity (Wildman–Crippen MR) is 83.5 cm³/mol. The molecule has 0 bridgehead atoms. The summed E-state index contributed by atoms with van der Waals surface area (Å²) in [5.74, 6) is 0. The van der Waals surface area contributed by atoms with Crippen LogP contribution < -0.4 is 0 Å². The molecule has 0 unspecified atom stereocenters. The third kappa shape index (κ3) is 2.81. The minimum absolute atomic E-state index is 0.723. The minimum atomic E-state index is 0.723. The Kier molecular flexibility index (Phi) is 3.66. The fourth-order valence-electron chi connectivity index (χ4n) is 2.09. The maximum atomic E-state index is 6.10. The highest BCUT2D eigenvalue weighted by molar-refractivity contribution is 6.30. The lowest BCUT2D eigenvalue weighted by atomic mass is 10.0. The monoisotopic (exact) mass is 280 g/mol. The summed E-state index contributed by atoms with van der Waals surface area (Å²) in [6, 6.07) is 18.0. The van der Waals surface area contributed by atoms with Crippen LogP contribution in [-0.2, 0) is 0 Å². The van der Waals surface area contributed by atoms with Gasteiger partial charge in [-0.25, -0.2) is 4.98 Å². The predicted octanol–water partition coefficient (Wildman–Crippen LogP) is 4.65. The number of H-pyrrole nitrogens is 1. The van der Waals surface area contributed by atoms with Gasteiger partial charge in [0.2, 0.25) is 0 Å². The Morgan fingerprint density at radius 1 is 1.05 bits per heavy atom. The van der Waals surface area contributed by atoms with E-state index in [4.69, 9.17) is 11.6 Å². The molecule has 3 aromatic rings. The average molecular weight is 281 g/mol. The van der Waals surface area contributed by atoms with Crippen LogP contribution >= 0.6 is 11.6 Å². The van der Waals surface area contributed by atoms with Crippen LogP contribution in [0.5, 0.6) is 0 Å². The first-order chi connectivity index (χ1) is 9.83. The van der Waals surface area contributed by atoms with Crippen molar-refractivity contribution in [2.45, 2.75) is 0 Å². The van der Waals surface area contributed by atoms with E-state index in [-0.39, 0.29) is 0 Å². The highest BCUT2D eigenvalue weighted by atomic mass is 35.5. The Labute approximate surface area is 122 Å². The third-order valence-electron chi connectivity index (χ3n) is 3.03. The molecule has 1 aromatic heterocycles. The zero-order valence-electron chi connectivity index (χ0n) is 10.8. The Hall–Kier alpha value is -2.32. The van der Waals surface area contributed by atoms with Crippen molar-refractivity contribution in [2.75, 3.05) is 0 Å². The number of hydrogen-bond acceptors (Lipinski definition) is 1. The van der Waals surface area contributed by atoms with E-state index < -0.39 is 0 Å². The quantitative estimate of drug-likeness (QED) is 0.695. The fraction of sp³-hybridized carbons (Fsp3) is 0. The van der Waals surface area contributed by atoms with Crippen molar-refractivity contribution in [3.63, 3.8) is 0 Å². The molecular weight excluding hydrogens is 268 g/mol. The Balaban J connectivity index is 2.12. The van der Waals surface area contributed by atoms with Gasteiger partial charge in [0, 0.05) is 10.6 Å². The van der Waals surface area contributed by atoms with E-state index in [2.05, 4.69) is 28.2 Å². The number of hydrogen-bond donors (Lipinski definition) is 1. The van der Waals surface area contributed by atoms with Gasteiger partial charge in [-0.15, -0.1) is 0 Å². The molecule has 0 fully saturated rings. The molecule has 3 rings (SSSR count). The topological polar surface area (TPSA) is 28.7 Å². The zero-order chi connectivity index (χ0) is 13.8. The molecule has 0 aliphatic heterocycles. The first-order valence-corrected chi connectivity index (χ1v) is 6.72. The maximum absolute atomic E-state index is 6.10. The lowest BCUT2D eigenvalue weighted by Gasteiger charge is -2.07. The fourth-order valence-corrected chi connectivity index (χ4v) is 2.28. The van der Waals surface area contributed by atoms with Gasteiger partial charge in [-0.1, -0.05) is 54.1 Å². The van der Waals surface area contributed by atoms with Crippen molar-refractivity contribution >= 4 is 23.3 Å². The van der Waals surface area contributed by atoms with E-state index in [0.29, 0.717) is 0 Å². The van der Waals surface area contributed by atoms with Gasteiger partial charge >= 0.3 is 0 Å². The first-order valence-electron chi connectivity index (χ1n) is 6.34. The number of halogens is 1. The van der Waals surface area contributed by atoms with Crippen molar-refractivity contribution < 1.29 is 0 Å². The third-order valence-corrected chi connectivity index (χ3v) is 3.27. The zero-order valence-corrected chi connectivity index (χ0v) is 11.5. The summed E-state index contributed by atoms with van der Waals surface area (Å²) in [6.07, 6.45) is 5.62. The number of nitrogens with one attached hydrogen (secondary N) is 1. The van der Waals surface area contributed by atoms with Crippen molar-refractivity contribution in [1.29, 1.82) is 0 Å². The highest BCUT2D eigenvalue weighted by Crippen LogP contribution is 2.26. The number of nitrogens with zero attached hydrogens (tertiary/aromatic N) is 1. The summed E-state index contributed by atoms with van der Waals surface area (Å²) in [7, 11) is 0. The molecule has 0 aliphatic carbocycles. The molecule has 0 aliphatic rings. The molecular formula is C17H13ClN2. The molecule has 0 spiro atoms. The van der Waals surface area contributed by atoms with E-state index >= 15 is 0 Å². The van der Waals surface area contributed by atoms with Gasteiger partial charge in [0.1, 0.15) is 0 Å². The molecule has 0 radical (unpaired) electrons. The molecule has 0 amide bonds. The SMILES string of the molecule is Clc1cccc(C(=Cc2ccccc2)c2cnc[nH]2)c1. The Morgan fingerprint density at radius 3 is 2.60 bits per heavy atom. The normalized spacial score (nSPS) is 11.6. The maximum Gasteiger partial charge on any atom is 0.0924 e. The number of rotatable bonds is 3. The standard InChI is InChI=1S/C17H13ClN2/c18-15-8-4-7-14(10-15)16(17-11-19-12-20-17)9-13-5-2-1-3-6-13/h1-12H,(H,19,20). The molecule has 0 atom stereocenters. The van der Waals surface area contributed by atoms with Gasteiger partial charge in [0.15, 0.2) is 0 Å². The molecule has 0 saturated heterocycles. The molecule has 2 nitrogen and oxygen atoms in total. The second-order valence-corrected chi connectivity index (χ2v) is 4.88. The molecule has 0 saturated carbocycles. The molecule has 20 heavy (non-hydrogen) atoms. The van der Waals surface area contributed by atoms with Crippen molar-refractivity contribution in [3.05, 3.63) is 89.0 Å². The summed E-state index contributed by atoms with van der Waals surface area (Å²) in [4.78, 5) is 7.26. The van der Waals surface area contributed by atoms with Gasteiger partial charge in [-0.05, 0) is 29.3 Å². The summed E-state index contributed by atoms with van der Waals surface area (Å²) in [6.45, 7) is 0. The number of imidazole rings is 1. The number of aromatic nitrogens is 2. The van der Waals surface area contributed by atoms with Gasteiger partial charge < -0.3 is 4.98 Å². The molecule has 3 heteroatoms. The van der Waals surface area contributed by atoms with E-state index in [9.17, 15) is 0 Å². The lowest BCUT2D eigenvalue weighted by Crippen LogP contribution is -1.88. The molecule has 2 aromatic carbocycles. The molecule has 98 valence electrons.